The molecule has 1 aromatic carbocycles. The molecule has 0 amide bonds. The molecule has 3 nitrogen and oxygen atoms in total. The molecule has 2 rings (SSSR count). The number of hydrogen-bond acceptors (Lipinski definition) is 3. The number of carbonyl (C=O) groups is 2. The van der Waals surface area contributed by atoms with Crippen molar-refractivity contribution in [2.24, 2.45) is 0 Å². The van der Waals surface area contributed by atoms with Gasteiger partial charge in [-0.25, -0.2) is 8.78 Å². The number of likely N-dealkylation sites (tertiary alicyclic amines) is 1. The monoisotopic (exact) mass is 267 g/mol. The van der Waals surface area contributed by atoms with E-state index in [1.165, 1.54) is 6.07 Å². The van der Waals surface area contributed by atoms with Gasteiger partial charge in [0.1, 0.15) is 17.4 Å². The number of piperidine rings is 1. The van der Waals surface area contributed by atoms with Gasteiger partial charge in [-0.3, -0.25) is 14.5 Å². The van der Waals surface area contributed by atoms with Gasteiger partial charge in [-0.1, -0.05) is 0 Å². The summed E-state index contributed by atoms with van der Waals surface area (Å²) in [7, 11) is 0. The molecule has 1 aliphatic heterocycles. The van der Waals surface area contributed by atoms with Gasteiger partial charge in [-0.05, 0) is 19.1 Å². The van der Waals surface area contributed by atoms with Crippen molar-refractivity contribution in [2.45, 2.75) is 25.8 Å². The molecule has 1 saturated heterocycles. The molecular formula is C14H15F2NO2. The van der Waals surface area contributed by atoms with E-state index < -0.39 is 17.7 Å². The summed E-state index contributed by atoms with van der Waals surface area (Å²) in [5.41, 5.74) is -0.106. The first kappa shape index (κ1) is 13.8. The maximum Gasteiger partial charge on any atom is 0.182 e. The lowest BCUT2D eigenvalue weighted by Crippen LogP contribution is -2.44. The zero-order chi connectivity index (χ0) is 14.0. The fourth-order valence-electron chi connectivity index (χ4n) is 2.24. The Morgan fingerprint density at radius 3 is 2.47 bits per heavy atom. The van der Waals surface area contributed by atoms with E-state index >= 15 is 0 Å². The summed E-state index contributed by atoms with van der Waals surface area (Å²) >= 11 is 0. The quantitative estimate of drug-likeness (QED) is 0.788. The first-order chi connectivity index (χ1) is 8.99. The van der Waals surface area contributed by atoms with E-state index in [4.69, 9.17) is 0 Å². The molecule has 0 aromatic heterocycles. The van der Waals surface area contributed by atoms with E-state index in [2.05, 4.69) is 0 Å². The maximum absolute atomic E-state index is 13.6. The summed E-state index contributed by atoms with van der Waals surface area (Å²) < 4.78 is 26.4. The van der Waals surface area contributed by atoms with Gasteiger partial charge in [0.15, 0.2) is 5.78 Å². The van der Waals surface area contributed by atoms with Gasteiger partial charge in [-0.15, -0.1) is 0 Å². The van der Waals surface area contributed by atoms with Crippen molar-refractivity contribution in [3.05, 3.63) is 35.4 Å². The number of halogens is 2. The average Bonchev–Trinajstić information content (AvgIpc) is 2.38. The lowest BCUT2D eigenvalue weighted by Gasteiger charge is -2.30. The highest BCUT2D eigenvalue weighted by atomic mass is 19.1. The molecule has 0 N–H and O–H groups in total. The smallest absolute Gasteiger partial charge is 0.182 e. The van der Waals surface area contributed by atoms with Crippen molar-refractivity contribution in [1.82, 2.24) is 4.90 Å². The standard InChI is InChI=1S/C14H15F2NO2/c1-9(17-6-4-11(18)5-7-17)14(19)12-3-2-10(15)8-13(12)16/h2-3,8-9H,4-7H2,1H3. The Kier molecular flexibility index (Phi) is 4.04. The molecule has 102 valence electrons. The zero-order valence-electron chi connectivity index (χ0n) is 10.7. The Labute approximate surface area is 110 Å². The lowest BCUT2D eigenvalue weighted by molar-refractivity contribution is -0.121. The predicted molar refractivity (Wildman–Crippen MR) is 66.0 cm³/mol. The number of ketones is 2. The highest BCUT2D eigenvalue weighted by molar-refractivity contribution is 6.00. The van der Waals surface area contributed by atoms with Gasteiger partial charge >= 0.3 is 0 Å². The first-order valence-electron chi connectivity index (χ1n) is 6.24. The second-order valence-electron chi connectivity index (χ2n) is 4.74. The van der Waals surface area contributed by atoms with E-state index in [-0.39, 0.29) is 17.1 Å². The van der Waals surface area contributed by atoms with E-state index in [0.29, 0.717) is 32.0 Å². The molecular weight excluding hydrogens is 252 g/mol. The van der Waals surface area contributed by atoms with Crippen LogP contribution in [0.1, 0.15) is 30.1 Å². The number of Topliss-reactive ketones (excluding diaryl/α,β-unsaturated/α-hetero) is 2. The average molecular weight is 267 g/mol. The molecule has 1 unspecified atom stereocenters. The van der Waals surface area contributed by atoms with Crippen LogP contribution in [0.25, 0.3) is 0 Å². The van der Waals surface area contributed by atoms with Crippen molar-refractivity contribution in [3.63, 3.8) is 0 Å². The maximum atomic E-state index is 13.6. The highest BCUT2D eigenvalue weighted by Crippen LogP contribution is 2.17. The predicted octanol–water partition coefficient (Wildman–Crippen LogP) is 2.20. The van der Waals surface area contributed by atoms with Crippen LogP contribution in [0.3, 0.4) is 0 Å². The minimum Gasteiger partial charge on any atom is -0.300 e. The lowest BCUT2D eigenvalue weighted by atomic mass is 10.0. The molecule has 1 aromatic rings. The SMILES string of the molecule is CC(C(=O)c1ccc(F)cc1F)N1CCC(=O)CC1. The van der Waals surface area contributed by atoms with Crippen LogP contribution in [0, 0.1) is 11.6 Å². The summed E-state index contributed by atoms with van der Waals surface area (Å²) in [4.78, 5) is 25.2. The number of carbonyl (C=O) groups excluding carboxylic acids is 2. The number of hydrogen-bond donors (Lipinski definition) is 0. The molecule has 0 spiro atoms. The van der Waals surface area contributed by atoms with Crippen LogP contribution in [-0.4, -0.2) is 35.6 Å². The Balaban J connectivity index is 2.12. The molecule has 5 heteroatoms. The summed E-state index contributed by atoms with van der Waals surface area (Å²) in [6, 6.07) is 2.44. The molecule has 0 bridgehead atoms. The molecule has 19 heavy (non-hydrogen) atoms. The van der Waals surface area contributed by atoms with Gasteiger partial charge in [0.25, 0.3) is 0 Å². The molecule has 1 heterocycles. The zero-order valence-corrected chi connectivity index (χ0v) is 10.7. The second kappa shape index (κ2) is 5.57. The van der Waals surface area contributed by atoms with Gasteiger partial charge in [0.05, 0.1) is 11.6 Å². The van der Waals surface area contributed by atoms with Crippen LogP contribution in [-0.2, 0) is 4.79 Å². The van der Waals surface area contributed by atoms with Crippen molar-refractivity contribution in [1.29, 1.82) is 0 Å². The number of benzene rings is 1. The van der Waals surface area contributed by atoms with Crippen molar-refractivity contribution in [2.75, 3.05) is 13.1 Å². The third-order valence-corrected chi connectivity index (χ3v) is 3.48. The number of nitrogens with zero attached hydrogens (tertiary/aromatic N) is 1. The third kappa shape index (κ3) is 3.04. The molecule has 0 aliphatic carbocycles. The fourth-order valence-corrected chi connectivity index (χ4v) is 2.24. The topological polar surface area (TPSA) is 37.4 Å². The van der Waals surface area contributed by atoms with Gasteiger partial charge < -0.3 is 0 Å². The van der Waals surface area contributed by atoms with Crippen molar-refractivity contribution in [3.8, 4) is 0 Å². The van der Waals surface area contributed by atoms with Crippen LogP contribution in [0.5, 0.6) is 0 Å². The number of rotatable bonds is 3. The normalized spacial score (nSPS) is 18.4. The van der Waals surface area contributed by atoms with Crippen LogP contribution in [0.4, 0.5) is 8.78 Å². The Morgan fingerprint density at radius 2 is 1.89 bits per heavy atom. The van der Waals surface area contributed by atoms with Crippen LogP contribution in [0.15, 0.2) is 18.2 Å². The van der Waals surface area contributed by atoms with Crippen LogP contribution < -0.4 is 0 Å². The summed E-state index contributed by atoms with van der Waals surface area (Å²) in [6.45, 7) is 2.70. The van der Waals surface area contributed by atoms with Crippen LogP contribution >= 0.6 is 0 Å². The molecule has 1 atom stereocenters. The molecule has 0 saturated carbocycles. The largest absolute Gasteiger partial charge is 0.300 e. The van der Waals surface area contributed by atoms with Crippen molar-refractivity contribution >= 4 is 11.6 Å². The molecule has 1 fully saturated rings. The van der Waals surface area contributed by atoms with Crippen LogP contribution in [0.2, 0.25) is 0 Å². The second-order valence-corrected chi connectivity index (χ2v) is 4.74. The van der Waals surface area contributed by atoms with E-state index in [0.717, 1.165) is 6.07 Å². The van der Waals surface area contributed by atoms with Gasteiger partial charge in [0.2, 0.25) is 0 Å². The molecule has 0 radical (unpaired) electrons. The van der Waals surface area contributed by atoms with Gasteiger partial charge in [-0.2, -0.15) is 0 Å². The van der Waals surface area contributed by atoms with E-state index in [1.54, 1.807) is 6.92 Å². The van der Waals surface area contributed by atoms with Gasteiger partial charge in [0, 0.05) is 32.0 Å². The van der Waals surface area contributed by atoms with Crippen molar-refractivity contribution < 1.29 is 18.4 Å². The highest BCUT2D eigenvalue weighted by Gasteiger charge is 2.27. The molecule has 1 aliphatic rings. The fraction of sp³-hybridized carbons (Fsp3) is 0.429. The van der Waals surface area contributed by atoms with E-state index in [9.17, 15) is 18.4 Å². The summed E-state index contributed by atoms with van der Waals surface area (Å²) in [6.07, 6.45) is 0.840. The Hall–Kier alpha value is -1.62. The minimum atomic E-state index is -0.843. The summed E-state index contributed by atoms with van der Waals surface area (Å²) in [5, 5.41) is 0. The summed E-state index contributed by atoms with van der Waals surface area (Å²) in [5.74, 6) is -1.74. The Morgan fingerprint density at radius 1 is 1.26 bits per heavy atom. The minimum absolute atomic E-state index is 0.106. The first-order valence-corrected chi connectivity index (χ1v) is 6.24. The van der Waals surface area contributed by atoms with E-state index in [1.807, 2.05) is 4.90 Å². The Bertz CT molecular complexity index is 506. The third-order valence-electron chi connectivity index (χ3n) is 3.48.